The normalized spacial score (nSPS) is 12.7. The first kappa shape index (κ1) is 81.1. The molecule has 0 saturated carbocycles. The van der Waals surface area contributed by atoms with Crippen LogP contribution in [0, 0.1) is 0 Å². The fraction of sp³-hybridized carbons (Fsp3) is 0.896. The smallest absolute Gasteiger partial charge is 0.305 e. The van der Waals surface area contributed by atoms with Gasteiger partial charge in [0.1, 0.15) is 0 Å². The van der Waals surface area contributed by atoms with Gasteiger partial charge in [0.15, 0.2) is 0 Å². The zero-order chi connectivity index (χ0) is 59.9. The van der Waals surface area contributed by atoms with Crippen LogP contribution in [0.4, 0.5) is 0 Å². The Morgan fingerprint density at radius 1 is 0.325 bits per heavy atom. The van der Waals surface area contributed by atoms with E-state index in [9.17, 15) is 19.8 Å². The van der Waals surface area contributed by atoms with Gasteiger partial charge in [-0.3, -0.25) is 9.59 Å². The molecular weight excluding hydrogens is 1020 g/mol. The van der Waals surface area contributed by atoms with Crippen LogP contribution in [0.3, 0.4) is 0 Å². The third-order valence-electron chi connectivity index (χ3n) is 17.6. The van der Waals surface area contributed by atoms with Crippen LogP contribution in [0.15, 0.2) is 36.5 Å². The Morgan fingerprint density at radius 2 is 0.566 bits per heavy atom. The number of nitrogens with one attached hydrogen (secondary N) is 1. The Kier molecular flexibility index (Phi) is 70.9. The number of aliphatic hydroxyl groups is 2. The molecule has 0 aliphatic rings. The van der Waals surface area contributed by atoms with Crippen LogP contribution in [0.5, 0.6) is 0 Å². The Balaban J connectivity index is 3.36. The summed E-state index contributed by atoms with van der Waals surface area (Å²) in [6.45, 7) is 4.94. The molecule has 0 radical (unpaired) electrons. The van der Waals surface area contributed by atoms with E-state index in [1.54, 1.807) is 6.08 Å². The van der Waals surface area contributed by atoms with Crippen molar-refractivity contribution in [3.63, 3.8) is 0 Å². The lowest BCUT2D eigenvalue weighted by molar-refractivity contribution is -0.143. The Hall–Kier alpha value is -1.92. The van der Waals surface area contributed by atoms with Gasteiger partial charge in [-0.15, -0.1) is 0 Å². The van der Waals surface area contributed by atoms with Crippen molar-refractivity contribution in [1.82, 2.24) is 5.32 Å². The Bertz CT molecular complexity index is 1340. The number of aliphatic hydroxyl groups excluding tert-OH is 2. The lowest BCUT2D eigenvalue weighted by Crippen LogP contribution is -2.45. The molecule has 0 aromatic heterocycles. The molecule has 2 unspecified atom stereocenters. The first-order valence-corrected chi connectivity index (χ1v) is 37.8. The molecule has 0 fully saturated rings. The van der Waals surface area contributed by atoms with Crippen LogP contribution < -0.4 is 5.32 Å². The van der Waals surface area contributed by atoms with E-state index in [1.165, 1.54) is 353 Å². The van der Waals surface area contributed by atoms with Crippen LogP contribution in [-0.4, -0.2) is 47.4 Å². The van der Waals surface area contributed by atoms with Gasteiger partial charge in [0.25, 0.3) is 0 Å². The minimum Gasteiger partial charge on any atom is -0.466 e. The molecule has 6 heteroatoms. The van der Waals surface area contributed by atoms with Crippen molar-refractivity contribution in [1.29, 1.82) is 0 Å². The van der Waals surface area contributed by atoms with Gasteiger partial charge in [0.05, 0.1) is 25.4 Å². The van der Waals surface area contributed by atoms with Crippen molar-refractivity contribution in [2.45, 2.75) is 431 Å². The highest BCUT2D eigenvalue weighted by Crippen LogP contribution is 2.19. The molecule has 0 spiro atoms. The number of rotatable bonds is 71. The molecule has 1 amide bonds. The molecule has 0 aromatic carbocycles. The van der Waals surface area contributed by atoms with Crippen LogP contribution in [-0.2, 0) is 14.3 Å². The standard InChI is InChI=1S/C77H147NO5/c1-3-5-7-9-11-13-15-17-19-21-35-39-43-47-51-55-59-63-67-71-77(82)83-72-68-64-60-56-52-48-44-40-37-34-32-30-28-26-24-22-23-25-27-29-31-33-36-38-42-46-50-54-58-62-66-70-76(81)78-74(73-79)75(80)69-65-61-57-53-49-45-41-20-18-16-14-12-10-8-6-4-2/h17,19,24,26,65,69,74-75,79-80H,3-16,18,20-23,25,27-64,66-68,70-73H2,1-2H3,(H,78,81)/b19-17-,26-24-,69-65+. The predicted octanol–water partition coefficient (Wildman–Crippen LogP) is 24.7. The monoisotopic (exact) mass is 1170 g/mol. The Morgan fingerprint density at radius 3 is 0.855 bits per heavy atom. The summed E-state index contributed by atoms with van der Waals surface area (Å²) in [4.78, 5) is 24.6. The number of hydrogen-bond acceptors (Lipinski definition) is 5. The van der Waals surface area contributed by atoms with E-state index in [0.717, 1.165) is 38.5 Å². The summed E-state index contributed by atoms with van der Waals surface area (Å²) < 4.78 is 5.51. The number of amides is 1. The summed E-state index contributed by atoms with van der Waals surface area (Å²) in [6, 6.07) is -0.626. The molecule has 83 heavy (non-hydrogen) atoms. The lowest BCUT2D eigenvalue weighted by atomic mass is 10.0. The van der Waals surface area contributed by atoms with E-state index in [-0.39, 0.29) is 18.5 Å². The highest BCUT2D eigenvalue weighted by Gasteiger charge is 2.18. The van der Waals surface area contributed by atoms with Gasteiger partial charge in [-0.2, -0.15) is 0 Å². The van der Waals surface area contributed by atoms with Crippen molar-refractivity contribution >= 4 is 11.9 Å². The predicted molar refractivity (Wildman–Crippen MR) is 366 cm³/mol. The molecule has 2 atom stereocenters. The molecule has 0 aromatic rings. The average molecular weight is 1170 g/mol. The van der Waals surface area contributed by atoms with E-state index in [0.29, 0.717) is 19.4 Å². The van der Waals surface area contributed by atoms with Crippen molar-refractivity contribution in [2.24, 2.45) is 0 Å². The molecule has 0 rings (SSSR count). The van der Waals surface area contributed by atoms with E-state index in [2.05, 4.69) is 43.5 Å². The summed E-state index contributed by atoms with van der Waals surface area (Å²) in [5.74, 6) is -0.0455. The van der Waals surface area contributed by atoms with Gasteiger partial charge in [0.2, 0.25) is 5.91 Å². The molecule has 0 heterocycles. The molecule has 3 N–H and O–H groups in total. The van der Waals surface area contributed by atoms with E-state index in [1.807, 2.05) is 6.08 Å². The summed E-state index contributed by atoms with van der Waals surface area (Å²) in [5, 5.41) is 23.2. The lowest BCUT2D eigenvalue weighted by Gasteiger charge is -2.20. The summed E-state index contributed by atoms with van der Waals surface area (Å²) in [5.41, 5.74) is 0. The van der Waals surface area contributed by atoms with Crippen LogP contribution in [0.25, 0.3) is 0 Å². The SMILES string of the molecule is CCCCCCCC/C=C\CCCCCCCCCCCC(=O)OCCCCCCCCCCCCCC/C=C\CCCCCCCCCCCCCCCCCC(=O)NC(CO)C(O)/C=C/CCCCCCCCCCCCCCCC. The number of unbranched alkanes of at least 4 members (excludes halogenated alkanes) is 56. The van der Waals surface area contributed by atoms with Crippen molar-refractivity contribution in [2.75, 3.05) is 13.2 Å². The molecule has 6 nitrogen and oxygen atoms in total. The number of allylic oxidation sites excluding steroid dienone is 5. The maximum atomic E-state index is 12.5. The molecule has 0 bridgehead atoms. The number of carbonyl (C=O) groups excluding carboxylic acids is 2. The molecule has 0 aliphatic carbocycles. The Labute approximate surface area is 519 Å². The van der Waals surface area contributed by atoms with Crippen molar-refractivity contribution < 1.29 is 24.5 Å². The van der Waals surface area contributed by atoms with Gasteiger partial charge in [0, 0.05) is 12.8 Å². The van der Waals surface area contributed by atoms with E-state index >= 15 is 0 Å². The molecule has 490 valence electrons. The zero-order valence-electron chi connectivity index (χ0n) is 56.2. The maximum absolute atomic E-state index is 12.5. The number of hydrogen-bond donors (Lipinski definition) is 3. The minimum atomic E-state index is -0.843. The molecule has 0 aliphatic heterocycles. The van der Waals surface area contributed by atoms with Gasteiger partial charge in [-0.25, -0.2) is 0 Å². The second kappa shape index (κ2) is 72.6. The highest BCUT2D eigenvalue weighted by atomic mass is 16.5. The van der Waals surface area contributed by atoms with Crippen LogP contribution >= 0.6 is 0 Å². The second-order valence-corrected chi connectivity index (χ2v) is 26.0. The second-order valence-electron chi connectivity index (χ2n) is 26.0. The van der Waals surface area contributed by atoms with Crippen molar-refractivity contribution in [3.05, 3.63) is 36.5 Å². The number of esters is 1. The summed E-state index contributed by atoms with van der Waals surface area (Å²) in [7, 11) is 0. The van der Waals surface area contributed by atoms with Crippen LogP contribution in [0.1, 0.15) is 418 Å². The van der Waals surface area contributed by atoms with Gasteiger partial charge in [-0.05, 0) is 83.5 Å². The zero-order valence-corrected chi connectivity index (χ0v) is 56.2. The van der Waals surface area contributed by atoms with Crippen molar-refractivity contribution in [3.8, 4) is 0 Å². The average Bonchev–Trinajstić information content (AvgIpc) is 3.49. The third-order valence-corrected chi connectivity index (χ3v) is 17.6. The third kappa shape index (κ3) is 69.1. The van der Waals surface area contributed by atoms with Gasteiger partial charge >= 0.3 is 5.97 Å². The van der Waals surface area contributed by atoms with E-state index in [4.69, 9.17) is 4.74 Å². The molecular formula is C77H147NO5. The quantitative estimate of drug-likeness (QED) is 0.0320. The highest BCUT2D eigenvalue weighted by molar-refractivity contribution is 5.76. The number of carbonyl (C=O) groups is 2. The summed E-state index contributed by atoms with van der Waals surface area (Å²) in [6.07, 6.45) is 93.9. The fourth-order valence-electron chi connectivity index (χ4n) is 11.9. The van der Waals surface area contributed by atoms with E-state index < -0.39 is 12.1 Å². The summed E-state index contributed by atoms with van der Waals surface area (Å²) >= 11 is 0. The topological polar surface area (TPSA) is 95.9 Å². The maximum Gasteiger partial charge on any atom is 0.305 e. The minimum absolute atomic E-state index is 0.0176. The molecule has 0 saturated heterocycles. The number of ether oxygens (including phenoxy) is 1. The first-order chi connectivity index (χ1) is 41.0. The largest absolute Gasteiger partial charge is 0.466 e. The first-order valence-electron chi connectivity index (χ1n) is 37.8. The van der Waals surface area contributed by atoms with Crippen LogP contribution in [0.2, 0.25) is 0 Å². The fourth-order valence-corrected chi connectivity index (χ4v) is 11.9. The van der Waals surface area contributed by atoms with Gasteiger partial charge < -0.3 is 20.3 Å². The van der Waals surface area contributed by atoms with Gasteiger partial charge in [-0.1, -0.05) is 359 Å².